The zero-order valence-corrected chi connectivity index (χ0v) is 11.9. The zero-order valence-electron chi connectivity index (χ0n) is 11.1. The molecule has 0 bridgehead atoms. The molecule has 1 heteroatoms. The number of benzene rings is 2. The highest BCUT2D eigenvalue weighted by atomic mass is 32.2. The first-order chi connectivity index (χ1) is 8.79. The van der Waals surface area contributed by atoms with Crippen molar-refractivity contribution in [2.24, 2.45) is 0 Å². The number of hydrogen-bond acceptors (Lipinski definition) is 1. The molecule has 0 aliphatic carbocycles. The van der Waals surface area contributed by atoms with Gasteiger partial charge in [-0.15, -0.1) is 11.8 Å². The van der Waals surface area contributed by atoms with E-state index in [0.717, 1.165) is 5.75 Å². The molecule has 0 spiro atoms. The second-order valence-electron chi connectivity index (χ2n) is 4.66. The lowest BCUT2D eigenvalue weighted by atomic mass is 9.97. The van der Waals surface area contributed by atoms with Gasteiger partial charge in [-0.1, -0.05) is 56.3 Å². The van der Waals surface area contributed by atoms with Gasteiger partial charge in [-0.25, -0.2) is 0 Å². The van der Waals surface area contributed by atoms with Gasteiger partial charge in [0.1, 0.15) is 0 Å². The molecular weight excluding hydrogens is 236 g/mol. The maximum absolute atomic E-state index is 2.35. The van der Waals surface area contributed by atoms with Crippen LogP contribution in [0.1, 0.15) is 37.3 Å². The normalized spacial score (nSPS) is 12.3. The van der Waals surface area contributed by atoms with Crippen LogP contribution in [0.4, 0.5) is 0 Å². The van der Waals surface area contributed by atoms with Gasteiger partial charge >= 0.3 is 0 Å². The minimum atomic E-state index is 0.659. The summed E-state index contributed by atoms with van der Waals surface area (Å²) >= 11 is 1.90. The molecular formula is C17H20S. The topological polar surface area (TPSA) is 0 Å². The third kappa shape index (κ3) is 3.64. The molecule has 0 nitrogen and oxygen atoms in total. The molecule has 0 N–H and O–H groups in total. The highest BCUT2D eigenvalue weighted by molar-refractivity contribution is 7.98. The lowest BCUT2D eigenvalue weighted by Gasteiger charge is -2.10. The SMILES string of the molecule is CCC(C)c1cccc(CSc2ccccc2)c1. The van der Waals surface area contributed by atoms with Crippen molar-refractivity contribution in [3.63, 3.8) is 0 Å². The van der Waals surface area contributed by atoms with Crippen molar-refractivity contribution < 1.29 is 0 Å². The first-order valence-corrected chi connectivity index (χ1v) is 7.55. The van der Waals surface area contributed by atoms with Crippen LogP contribution in [0.3, 0.4) is 0 Å². The molecule has 2 aromatic rings. The van der Waals surface area contributed by atoms with Gasteiger partial charge in [-0.2, -0.15) is 0 Å². The largest absolute Gasteiger partial charge is 0.121 e. The molecule has 2 aromatic carbocycles. The summed E-state index contributed by atoms with van der Waals surface area (Å²) in [5.41, 5.74) is 2.88. The van der Waals surface area contributed by atoms with Crippen molar-refractivity contribution in [3.8, 4) is 0 Å². The first-order valence-electron chi connectivity index (χ1n) is 6.56. The van der Waals surface area contributed by atoms with Gasteiger partial charge < -0.3 is 0 Å². The molecule has 94 valence electrons. The van der Waals surface area contributed by atoms with E-state index in [1.54, 1.807) is 0 Å². The second kappa shape index (κ2) is 6.65. The van der Waals surface area contributed by atoms with E-state index in [4.69, 9.17) is 0 Å². The first kappa shape index (κ1) is 13.2. The fourth-order valence-corrected chi connectivity index (χ4v) is 2.77. The quantitative estimate of drug-likeness (QED) is 0.637. The molecule has 18 heavy (non-hydrogen) atoms. The lowest BCUT2D eigenvalue weighted by molar-refractivity contribution is 0.733. The van der Waals surface area contributed by atoms with E-state index in [9.17, 15) is 0 Å². The molecule has 0 aliphatic heterocycles. The Morgan fingerprint density at radius 1 is 1.00 bits per heavy atom. The third-order valence-corrected chi connectivity index (χ3v) is 4.36. The van der Waals surface area contributed by atoms with Crippen LogP contribution in [0.25, 0.3) is 0 Å². The summed E-state index contributed by atoms with van der Waals surface area (Å²) < 4.78 is 0. The summed E-state index contributed by atoms with van der Waals surface area (Å²) in [5.74, 6) is 1.71. The van der Waals surface area contributed by atoms with E-state index in [1.165, 1.54) is 22.4 Å². The van der Waals surface area contributed by atoms with Crippen LogP contribution in [0.2, 0.25) is 0 Å². The lowest BCUT2D eigenvalue weighted by Crippen LogP contribution is -1.92. The highest BCUT2D eigenvalue weighted by Gasteiger charge is 2.03. The van der Waals surface area contributed by atoms with Crippen molar-refractivity contribution in [3.05, 3.63) is 65.7 Å². The Morgan fingerprint density at radius 2 is 1.78 bits per heavy atom. The standard InChI is InChI=1S/C17H20S/c1-3-14(2)16-9-7-8-15(12-16)13-18-17-10-5-4-6-11-17/h4-12,14H,3,13H2,1-2H3. The molecule has 0 aromatic heterocycles. The molecule has 1 unspecified atom stereocenters. The van der Waals surface area contributed by atoms with Crippen LogP contribution in [0, 0.1) is 0 Å². The van der Waals surface area contributed by atoms with Crippen LogP contribution in [-0.4, -0.2) is 0 Å². The van der Waals surface area contributed by atoms with Crippen LogP contribution < -0.4 is 0 Å². The minimum absolute atomic E-state index is 0.659. The number of rotatable bonds is 5. The fourth-order valence-electron chi connectivity index (χ4n) is 1.91. The predicted molar refractivity (Wildman–Crippen MR) is 81.2 cm³/mol. The number of thioether (sulfide) groups is 1. The van der Waals surface area contributed by atoms with E-state index >= 15 is 0 Å². The second-order valence-corrected chi connectivity index (χ2v) is 5.70. The van der Waals surface area contributed by atoms with E-state index in [2.05, 4.69) is 68.4 Å². The van der Waals surface area contributed by atoms with Gasteiger partial charge in [0.15, 0.2) is 0 Å². The molecule has 0 fully saturated rings. The van der Waals surface area contributed by atoms with Crippen molar-refractivity contribution in [2.45, 2.75) is 36.8 Å². The van der Waals surface area contributed by atoms with Gasteiger partial charge in [-0.05, 0) is 35.6 Å². The highest BCUT2D eigenvalue weighted by Crippen LogP contribution is 2.25. The van der Waals surface area contributed by atoms with E-state index in [-0.39, 0.29) is 0 Å². The summed E-state index contributed by atoms with van der Waals surface area (Å²) in [5, 5.41) is 0. The van der Waals surface area contributed by atoms with Gasteiger partial charge in [0.2, 0.25) is 0 Å². The monoisotopic (exact) mass is 256 g/mol. The Balaban J connectivity index is 2.01. The third-order valence-electron chi connectivity index (χ3n) is 3.28. The molecule has 0 saturated carbocycles. The molecule has 0 amide bonds. The van der Waals surface area contributed by atoms with E-state index < -0.39 is 0 Å². The fraction of sp³-hybridized carbons (Fsp3) is 0.294. The average Bonchev–Trinajstić information content (AvgIpc) is 2.45. The Hall–Kier alpha value is -1.21. The molecule has 0 radical (unpaired) electrons. The summed E-state index contributed by atoms with van der Waals surface area (Å²) in [6.45, 7) is 4.54. The Labute approximate surface area is 114 Å². The Kier molecular flexibility index (Phi) is 4.89. The summed E-state index contributed by atoms with van der Waals surface area (Å²) in [7, 11) is 0. The maximum atomic E-state index is 2.35. The predicted octanol–water partition coefficient (Wildman–Crippen LogP) is 5.49. The summed E-state index contributed by atoms with van der Waals surface area (Å²) in [6, 6.07) is 19.6. The van der Waals surface area contributed by atoms with E-state index in [0.29, 0.717) is 5.92 Å². The van der Waals surface area contributed by atoms with Crippen LogP contribution in [-0.2, 0) is 5.75 Å². The van der Waals surface area contributed by atoms with Gasteiger partial charge in [0.25, 0.3) is 0 Å². The molecule has 1 atom stereocenters. The molecule has 0 heterocycles. The van der Waals surface area contributed by atoms with Crippen molar-refractivity contribution in [2.75, 3.05) is 0 Å². The average molecular weight is 256 g/mol. The van der Waals surface area contributed by atoms with Crippen molar-refractivity contribution in [1.82, 2.24) is 0 Å². The van der Waals surface area contributed by atoms with Crippen LogP contribution >= 0.6 is 11.8 Å². The van der Waals surface area contributed by atoms with Crippen molar-refractivity contribution >= 4 is 11.8 Å². The van der Waals surface area contributed by atoms with Gasteiger partial charge in [-0.3, -0.25) is 0 Å². The molecule has 0 saturated heterocycles. The summed E-state index contributed by atoms with van der Waals surface area (Å²) in [6.07, 6.45) is 1.20. The minimum Gasteiger partial charge on any atom is -0.121 e. The molecule has 0 aliphatic rings. The summed E-state index contributed by atoms with van der Waals surface area (Å²) in [4.78, 5) is 1.34. The smallest absolute Gasteiger partial charge is 0.0232 e. The Bertz CT molecular complexity index is 476. The van der Waals surface area contributed by atoms with Crippen LogP contribution in [0.5, 0.6) is 0 Å². The van der Waals surface area contributed by atoms with Gasteiger partial charge in [0, 0.05) is 10.6 Å². The number of hydrogen-bond donors (Lipinski definition) is 0. The Morgan fingerprint density at radius 3 is 2.50 bits per heavy atom. The van der Waals surface area contributed by atoms with E-state index in [1.807, 2.05) is 11.8 Å². The zero-order chi connectivity index (χ0) is 12.8. The van der Waals surface area contributed by atoms with Crippen molar-refractivity contribution in [1.29, 1.82) is 0 Å². The van der Waals surface area contributed by atoms with Gasteiger partial charge in [0.05, 0.1) is 0 Å². The molecule has 2 rings (SSSR count). The maximum Gasteiger partial charge on any atom is 0.0232 e. The van der Waals surface area contributed by atoms with Crippen LogP contribution in [0.15, 0.2) is 59.5 Å².